The molecule has 1 N–H and O–H groups in total. The van der Waals surface area contributed by atoms with Crippen molar-refractivity contribution in [1.82, 2.24) is 24.5 Å². The van der Waals surface area contributed by atoms with E-state index in [2.05, 4.69) is 15.5 Å². The molecule has 0 radical (unpaired) electrons. The molecule has 0 unspecified atom stereocenters. The van der Waals surface area contributed by atoms with Crippen molar-refractivity contribution in [2.45, 2.75) is 18.6 Å². The highest BCUT2D eigenvalue weighted by Crippen LogP contribution is 2.23. The summed E-state index contributed by atoms with van der Waals surface area (Å²) >= 11 is 1.23. The number of halogens is 1. The molecule has 0 bridgehead atoms. The lowest BCUT2D eigenvalue weighted by molar-refractivity contribution is -0.118. The van der Waals surface area contributed by atoms with Crippen LogP contribution in [0.25, 0.3) is 22.4 Å². The number of aromatic nitrogens is 4. The predicted octanol–water partition coefficient (Wildman–Crippen LogP) is 3.89. The van der Waals surface area contributed by atoms with Gasteiger partial charge in [0.1, 0.15) is 5.82 Å². The molecule has 0 saturated carbocycles. The van der Waals surface area contributed by atoms with Crippen molar-refractivity contribution in [2.75, 3.05) is 5.75 Å². The molecule has 34 heavy (non-hydrogen) atoms. The molecule has 0 aliphatic heterocycles. The summed E-state index contributed by atoms with van der Waals surface area (Å²) in [5.41, 5.74) is 3.06. The van der Waals surface area contributed by atoms with Gasteiger partial charge in [0.05, 0.1) is 22.3 Å². The number of nitrogens with one attached hydrogen (secondary N) is 1. The van der Waals surface area contributed by atoms with Crippen LogP contribution < -0.4 is 10.9 Å². The zero-order valence-electron chi connectivity index (χ0n) is 18.2. The fourth-order valence-corrected chi connectivity index (χ4v) is 4.45. The molecule has 5 rings (SSSR count). The summed E-state index contributed by atoms with van der Waals surface area (Å²) in [7, 11) is 0. The standard InChI is InChI=1S/C25H20FN5O2S/c1-16-6-12-19(13-7-16)30-23(33)20-4-2-3-5-21(20)31-24(30)28-29-25(31)34-15-22(32)27-14-17-8-10-18(26)11-9-17/h2-13H,14-15H2,1H3,(H,27,32). The molecule has 3 aromatic carbocycles. The number of carbonyl (C=O) groups excluding carboxylic acids is 1. The van der Waals surface area contributed by atoms with Crippen LogP contribution in [0, 0.1) is 12.7 Å². The first-order chi connectivity index (χ1) is 16.5. The van der Waals surface area contributed by atoms with E-state index in [9.17, 15) is 14.0 Å². The van der Waals surface area contributed by atoms with E-state index in [1.54, 1.807) is 22.6 Å². The van der Waals surface area contributed by atoms with E-state index in [1.807, 2.05) is 49.4 Å². The molecule has 7 nitrogen and oxygen atoms in total. The van der Waals surface area contributed by atoms with Crippen molar-refractivity contribution in [3.05, 3.63) is 100 Å². The van der Waals surface area contributed by atoms with Crippen molar-refractivity contribution in [3.8, 4) is 5.69 Å². The number of rotatable bonds is 6. The lowest BCUT2D eigenvalue weighted by atomic mass is 10.2. The van der Waals surface area contributed by atoms with Crippen molar-refractivity contribution in [2.24, 2.45) is 0 Å². The van der Waals surface area contributed by atoms with Crippen LogP contribution in [0.15, 0.2) is 82.7 Å². The number of para-hydroxylation sites is 1. The monoisotopic (exact) mass is 473 g/mol. The van der Waals surface area contributed by atoms with Gasteiger partial charge in [-0.1, -0.05) is 53.7 Å². The van der Waals surface area contributed by atoms with Gasteiger partial charge in [0, 0.05) is 6.54 Å². The van der Waals surface area contributed by atoms with Gasteiger partial charge in [0.15, 0.2) is 5.16 Å². The quantitative estimate of drug-likeness (QED) is 0.379. The lowest BCUT2D eigenvalue weighted by Crippen LogP contribution is -2.24. The summed E-state index contributed by atoms with van der Waals surface area (Å²) in [4.78, 5) is 25.8. The third kappa shape index (κ3) is 4.17. The largest absolute Gasteiger partial charge is 0.351 e. The number of aryl methyl sites for hydroxylation is 1. The first-order valence-electron chi connectivity index (χ1n) is 10.6. The number of fused-ring (bicyclic) bond motifs is 3. The van der Waals surface area contributed by atoms with Crippen molar-refractivity contribution in [3.63, 3.8) is 0 Å². The van der Waals surface area contributed by atoms with E-state index in [0.717, 1.165) is 11.1 Å². The number of nitrogens with zero attached hydrogens (tertiary/aromatic N) is 4. The number of thioether (sulfide) groups is 1. The minimum atomic E-state index is -0.319. The van der Waals surface area contributed by atoms with Gasteiger partial charge in [-0.25, -0.2) is 8.96 Å². The van der Waals surface area contributed by atoms with E-state index < -0.39 is 0 Å². The second kappa shape index (κ2) is 9.11. The maximum atomic E-state index is 13.3. The molecule has 1 amide bonds. The molecule has 9 heteroatoms. The second-order valence-corrected chi connectivity index (χ2v) is 8.75. The van der Waals surface area contributed by atoms with Gasteiger partial charge in [-0.3, -0.25) is 14.0 Å². The number of benzene rings is 3. The van der Waals surface area contributed by atoms with Crippen LogP contribution in [0.2, 0.25) is 0 Å². The summed E-state index contributed by atoms with van der Waals surface area (Å²) in [5.74, 6) is -0.0235. The molecule has 0 saturated heterocycles. The number of amides is 1. The Balaban J connectivity index is 1.46. The Morgan fingerprint density at radius 1 is 1.00 bits per heavy atom. The third-order valence-corrected chi connectivity index (χ3v) is 6.35. The maximum Gasteiger partial charge on any atom is 0.267 e. The van der Waals surface area contributed by atoms with Crippen LogP contribution in [0.4, 0.5) is 4.39 Å². The van der Waals surface area contributed by atoms with Crippen LogP contribution in [-0.2, 0) is 11.3 Å². The normalized spacial score (nSPS) is 11.2. The van der Waals surface area contributed by atoms with E-state index in [4.69, 9.17) is 0 Å². The van der Waals surface area contributed by atoms with E-state index in [1.165, 1.54) is 28.5 Å². The van der Waals surface area contributed by atoms with Gasteiger partial charge in [-0.15, -0.1) is 10.2 Å². The predicted molar refractivity (Wildman–Crippen MR) is 130 cm³/mol. The van der Waals surface area contributed by atoms with Crippen molar-refractivity contribution < 1.29 is 9.18 Å². The zero-order chi connectivity index (χ0) is 23.7. The Labute approximate surface area is 198 Å². The van der Waals surface area contributed by atoms with Crippen molar-refractivity contribution >= 4 is 34.3 Å². The maximum absolute atomic E-state index is 13.3. The molecule has 0 aliphatic carbocycles. The summed E-state index contributed by atoms with van der Waals surface area (Å²) < 4.78 is 16.4. The Kier molecular flexibility index (Phi) is 5.85. The summed E-state index contributed by atoms with van der Waals surface area (Å²) in [6.45, 7) is 2.28. The van der Waals surface area contributed by atoms with Gasteiger partial charge >= 0.3 is 0 Å². The van der Waals surface area contributed by atoms with Gasteiger partial charge < -0.3 is 5.32 Å². The van der Waals surface area contributed by atoms with Gasteiger partial charge in [-0.05, 0) is 48.9 Å². The SMILES string of the molecule is Cc1ccc(-n2c(=O)c3ccccc3n3c(SCC(=O)NCc4ccc(F)cc4)nnc23)cc1. The second-order valence-electron chi connectivity index (χ2n) is 7.80. The molecule has 0 atom stereocenters. The van der Waals surface area contributed by atoms with E-state index in [0.29, 0.717) is 34.1 Å². The van der Waals surface area contributed by atoms with Crippen molar-refractivity contribution in [1.29, 1.82) is 0 Å². The summed E-state index contributed by atoms with van der Waals surface area (Å²) in [6.07, 6.45) is 0. The fourth-order valence-electron chi connectivity index (χ4n) is 3.68. The Morgan fingerprint density at radius 3 is 2.50 bits per heavy atom. The van der Waals surface area contributed by atoms with E-state index >= 15 is 0 Å². The van der Waals surface area contributed by atoms with Gasteiger partial charge in [-0.2, -0.15) is 0 Å². The molecule has 5 aromatic rings. The highest BCUT2D eigenvalue weighted by atomic mass is 32.2. The molecule has 0 fully saturated rings. The van der Waals surface area contributed by atoms with Crippen LogP contribution >= 0.6 is 11.8 Å². The van der Waals surface area contributed by atoms with Crippen LogP contribution in [0.5, 0.6) is 0 Å². The number of hydrogen-bond donors (Lipinski definition) is 1. The summed E-state index contributed by atoms with van der Waals surface area (Å²) in [5, 5.41) is 12.4. The van der Waals surface area contributed by atoms with Crippen LogP contribution in [-0.4, -0.2) is 30.8 Å². The average Bonchev–Trinajstić information content (AvgIpc) is 3.27. The first-order valence-corrected chi connectivity index (χ1v) is 11.6. The third-order valence-electron chi connectivity index (χ3n) is 5.42. The van der Waals surface area contributed by atoms with E-state index in [-0.39, 0.29) is 23.0 Å². The molecule has 2 aromatic heterocycles. The minimum Gasteiger partial charge on any atom is -0.351 e. The highest BCUT2D eigenvalue weighted by molar-refractivity contribution is 7.99. The zero-order valence-corrected chi connectivity index (χ0v) is 19.1. The first kappa shape index (κ1) is 21.8. The number of carbonyl (C=O) groups is 1. The molecular weight excluding hydrogens is 453 g/mol. The average molecular weight is 474 g/mol. The number of hydrogen-bond acceptors (Lipinski definition) is 5. The summed E-state index contributed by atoms with van der Waals surface area (Å²) in [6, 6.07) is 20.9. The molecule has 170 valence electrons. The minimum absolute atomic E-state index is 0.111. The Morgan fingerprint density at radius 2 is 1.74 bits per heavy atom. The fraction of sp³-hybridized carbons (Fsp3) is 0.120. The Hall–Kier alpha value is -3.98. The van der Waals surface area contributed by atoms with Crippen LogP contribution in [0.1, 0.15) is 11.1 Å². The molecule has 0 spiro atoms. The smallest absolute Gasteiger partial charge is 0.267 e. The van der Waals surface area contributed by atoms with Crippen LogP contribution in [0.3, 0.4) is 0 Å². The van der Waals surface area contributed by atoms with Gasteiger partial charge in [0.2, 0.25) is 11.7 Å². The highest BCUT2D eigenvalue weighted by Gasteiger charge is 2.18. The Bertz CT molecular complexity index is 1560. The topological polar surface area (TPSA) is 81.3 Å². The molecular formula is C25H20FN5O2S. The molecule has 0 aliphatic rings. The lowest BCUT2D eigenvalue weighted by Gasteiger charge is -2.11. The van der Waals surface area contributed by atoms with Gasteiger partial charge in [0.25, 0.3) is 5.56 Å². The molecule has 2 heterocycles.